The Morgan fingerprint density at radius 3 is 2.75 bits per heavy atom. The molecule has 0 aromatic carbocycles. The van der Waals surface area contributed by atoms with E-state index < -0.39 is 10.8 Å². The van der Waals surface area contributed by atoms with Crippen molar-refractivity contribution in [2.45, 2.75) is 25.9 Å². The molecule has 2 atom stereocenters. The van der Waals surface area contributed by atoms with E-state index in [-0.39, 0.29) is 6.10 Å². The van der Waals surface area contributed by atoms with Crippen molar-refractivity contribution >= 4 is 10.8 Å². The van der Waals surface area contributed by atoms with Gasteiger partial charge in [0.25, 0.3) is 0 Å². The van der Waals surface area contributed by atoms with Gasteiger partial charge >= 0.3 is 0 Å². The van der Waals surface area contributed by atoms with Gasteiger partial charge in [-0.25, -0.2) is 0 Å². The SMILES string of the molecule is CCS(=O)CCNCC(O)CN1CCCC1. The summed E-state index contributed by atoms with van der Waals surface area (Å²) in [5.41, 5.74) is 0. The van der Waals surface area contributed by atoms with E-state index in [1.54, 1.807) is 0 Å². The Balaban J connectivity index is 1.97. The van der Waals surface area contributed by atoms with E-state index in [4.69, 9.17) is 0 Å². The normalized spacial score (nSPS) is 21.1. The first-order valence-electron chi connectivity index (χ1n) is 6.18. The molecule has 1 saturated heterocycles. The summed E-state index contributed by atoms with van der Waals surface area (Å²) in [4.78, 5) is 2.30. The third kappa shape index (κ3) is 5.94. The summed E-state index contributed by atoms with van der Waals surface area (Å²) in [5, 5.41) is 12.9. The maximum absolute atomic E-state index is 11.1. The molecule has 1 fully saturated rings. The minimum Gasteiger partial charge on any atom is -0.390 e. The summed E-state index contributed by atoms with van der Waals surface area (Å²) < 4.78 is 11.1. The van der Waals surface area contributed by atoms with Gasteiger partial charge in [-0.15, -0.1) is 0 Å². The number of rotatable bonds is 8. The second-order valence-electron chi connectivity index (χ2n) is 4.30. The number of nitrogens with zero attached hydrogens (tertiary/aromatic N) is 1. The van der Waals surface area contributed by atoms with E-state index in [9.17, 15) is 9.32 Å². The molecule has 2 unspecified atom stereocenters. The molecule has 16 heavy (non-hydrogen) atoms. The molecule has 0 radical (unpaired) electrons. The lowest BCUT2D eigenvalue weighted by molar-refractivity contribution is 0.124. The van der Waals surface area contributed by atoms with Crippen molar-refractivity contribution in [2.75, 3.05) is 44.2 Å². The first-order valence-corrected chi connectivity index (χ1v) is 7.67. The van der Waals surface area contributed by atoms with Crippen molar-refractivity contribution in [1.29, 1.82) is 0 Å². The average molecular weight is 248 g/mol. The van der Waals surface area contributed by atoms with Crippen LogP contribution in [0.25, 0.3) is 0 Å². The molecule has 0 aliphatic carbocycles. The third-order valence-corrected chi connectivity index (χ3v) is 4.18. The van der Waals surface area contributed by atoms with Crippen LogP contribution in [-0.4, -0.2) is 64.5 Å². The molecule has 96 valence electrons. The van der Waals surface area contributed by atoms with Crippen LogP contribution in [0.5, 0.6) is 0 Å². The molecule has 1 aliphatic heterocycles. The van der Waals surface area contributed by atoms with Gasteiger partial charge in [0.2, 0.25) is 0 Å². The Morgan fingerprint density at radius 1 is 1.44 bits per heavy atom. The molecule has 0 amide bonds. The van der Waals surface area contributed by atoms with E-state index in [0.717, 1.165) is 31.9 Å². The summed E-state index contributed by atoms with van der Waals surface area (Å²) >= 11 is 0. The molecule has 1 rings (SSSR count). The van der Waals surface area contributed by atoms with Crippen molar-refractivity contribution in [3.8, 4) is 0 Å². The minimum atomic E-state index is -0.700. The Morgan fingerprint density at radius 2 is 2.12 bits per heavy atom. The molecule has 5 heteroatoms. The monoisotopic (exact) mass is 248 g/mol. The highest BCUT2D eigenvalue weighted by Gasteiger charge is 2.15. The van der Waals surface area contributed by atoms with E-state index in [1.165, 1.54) is 12.8 Å². The summed E-state index contributed by atoms with van der Waals surface area (Å²) in [6.07, 6.45) is 2.22. The molecule has 4 nitrogen and oxygen atoms in total. The number of nitrogens with one attached hydrogen (secondary N) is 1. The van der Waals surface area contributed by atoms with Gasteiger partial charge in [0.05, 0.1) is 6.10 Å². The second-order valence-corrected chi connectivity index (χ2v) is 6.16. The van der Waals surface area contributed by atoms with E-state index in [0.29, 0.717) is 12.3 Å². The Labute approximate surface area is 101 Å². The maximum Gasteiger partial charge on any atom is 0.0791 e. The summed E-state index contributed by atoms with van der Waals surface area (Å²) in [7, 11) is -0.700. The number of β-amino-alcohol motifs (C(OH)–C–C–N with tert-alkyl or cyclic N) is 1. The van der Waals surface area contributed by atoms with Crippen molar-refractivity contribution in [3.05, 3.63) is 0 Å². The van der Waals surface area contributed by atoms with Crippen molar-refractivity contribution in [3.63, 3.8) is 0 Å². The first kappa shape index (κ1) is 14.1. The zero-order valence-electron chi connectivity index (χ0n) is 10.2. The quantitative estimate of drug-likeness (QED) is 0.584. The lowest BCUT2D eigenvalue weighted by Crippen LogP contribution is -2.38. The van der Waals surface area contributed by atoms with Gasteiger partial charge in [0.15, 0.2) is 0 Å². The Kier molecular flexibility index (Phi) is 7.20. The lowest BCUT2D eigenvalue weighted by atomic mass is 10.3. The van der Waals surface area contributed by atoms with Crippen LogP contribution in [-0.2, 0) is 10.8 Å². The smallest absolute Gasteiger partial charge is 0.0791 e. The van der Waals surface area contributed by atoms with Crippen LogP contribution >= 0.6 is 0 Å². The Bertz CT molecular complexity index is 208. The fraction of sp³-hybridized carbons (Fsp3) is 1.00. The highest BCUT2D eigenvalue weighted by atomic mass is 32.2. The molecule has 0 saturated carbocycles. The first-order chi connectivity index (χ1) is 7.72. The topological polar surface area (TPSA) is 52.6 Å². The van der Waals surface area contributed by atoms with Gasteiger partial charge in [0.1, 0.15) is 0 Å². The molecule has 0 aromatic heterocycles. The van der Waals surface area contributed by atoms with Gasteiger partial charge in [-0.05, 0) is 25.9 Å². The number of hydrogen-bond acceptors (Lipinski definition) is 4. The zero-order valence-corrected chi connectivity index (χ0v) is 11.0. The van der Waals surface area contributed by atoms with E-state index in [2.05, 4.69) is 10.2 Å². The number of aliphatic hydroxyl groups excluding tert-OH is 1. The van der Waals surface area contributed by atoms with Crippen LogP contribution in [0.15, 0.2) is 0 Å². The molecule has 1 aliphatic rings. The van der Waals surface area contributed by atoms with Crippen molar-refractivity contribution < 1.29 is 9.32 Å². The highest BCUT2D eigenvalue weighted by Crippen LogP contribution is 2.07. The predicted octanol–water partition coefficient (Wildman–Crippen LogP) is -0.199. The summed E-state index contributed by atoms with van der Waals surface area (Å²) in [6, 6.07) is 0. The third-order valence-electron chi connectivity index (χ3n) is 2.88. The fourth-order valence-electron chi connectivity index (χ4n) is 1.93. The van der Waals surface area contributed by atoms with E-state index >= 15 is 0 Å². The van der Waals surface area contributed by atoms with Gasteiger partial charge in [-0.2, -0.15) is 0 Å². The highest BCUT2D eigenvalue weighted by molar-refractivity contribution is 7.84. The van der Waals surface area contributed by atoms with Crippen LogP contribution in [0.3, 0.4) is 0 Å². The van der Waals surface area contributed by atoms with E-state index in [1.807, 2.05) is 6.92 Å². The zero-order chi connectivity index (χ0) is 11.8. The molecule has 0 bridgehead atoms. The maximum atomic E-state index is 11.1. The number of likely N-dealkylation sites (tertiary alicyclic amines) is 1. The van der Waals surface area contributed by atoms with Gasteiger partial charge < -0.3 is 15.3 Å². The minimum absolute atomic E-state index is 0.298. The Hall–Kier alpha value is 0.0300. The van der Waals surface area contributed by atoms with Gasteiger partial charge in [-0.1, -0.05) is 6.92 Å². The predicted molar refractivity (Wildman–Crippen MR) is 68.1 cm³/mol. The number of hydrogen-bond donors (Lipinski definition) is 2. The molecule has 1 heterocycles. The standard InChI is InChI=1S/C11H24N2O2S/c1-2-16(15)8-5-12-9-11(14)10-13-6-3-4-7-13/h11-12,14H,2-10H2,1H3. The van der Waals surface area contributed by atoms with Gasteiger partial charge in [0, 0.05) is 41.9 Å². The molecular weight excluding hydrogens is 224 g/mol. The van der Waals surface area contributed by atoms with Crippen LogP contribution in [0.1, 0.15) is 19.8 Å². The second kappa shape index (κ2) is 8.17. The lowest BCUT2D eigenvalue weighted by Gasteiger charge is -2.19. The van der Waals surface area contributed by atoms with Crippen LogP contribution in [0.2, 0.25) is 0 Å². The molecule has 0 aromatic rings. The molecule has 2 N–H and O–H groups in total. The summed E-state index contributed by atoms with van der Waals surface area (Å²) in [6.45, 7) is 6.28. The van der Waals surface area contributed by atoms with Crippen molar-refractivity contribution in [2.24, 2.45) is 0 Å². The average Bonchev–Trinajstić information content (AvgIpc) is 2.76. The molecule has 0 spiro atoms. The van der Waals surface area contributed by atoms with Crippen LogP contribution in [0, 0.1) is 0 Å². The van der Waals surface area contributed by atoms with Gasteiger partial charge in [-0.3, -0.25) is 4.21 Å². The van der Waals surface area contributed by atoms with Crippen LogP contribution in [0.4, 0.5) is 0 Å². The number of aliphatic hydroxyl groups is 1. The van der Waals surface area contributed by atoms with Crippen LogP contribution < -0.4 is 5.32 Å². The largest absolute Gasteiger partial charge is 0.390 e. The molecular formula is C11H24N2O2S. The van der Waals surface area contributed by atoms with Crippen molar-refractivity contribution in [1.82, 2.24) is 10.2 Å². The summed E-state index contributed by atoms with van der Waals surface area (Å²) in [5.74, 6) is 1.41. The fourth-order valence-corrected chi connectivity index (χ4v) is 2.59.